The molecule has 2 aromatic rings. The fraction of sp³-hybridized carbons (Fsp3) is 0.0556. The van der Waals surface area contributed by atoms with Gasteiger partial charge >= 0.3 is 12.6 Å². The van der Waals surface area contributed by atoms with Crippen LogP contribution in [0.1, 0.15) is 10.4 Å². The van der Waals surface area contributed by atoms with Crippen molar-refractivity contribution in [1.29, 1.82) is 0 Å². The van der Waals surface area contributed by atoms with Crippen LogP contribution in [0.3, 0.4) is 0 Å². The summed E-state index contributed by atoms with van der Waals surface area (Å²) in [7, 11) is 0. The number of rotatable bonds is 4. The van der Waals surface area contributed by atoms with Crippen molar-refractivity contribution in [2.75, 3.05) is 0 Å². The molecule has 0 spiro atoms. The fourth-order valence-electron chi connectivity index (χ4n) is 2.91. The van der Waals surface area contributed by atoms with Gasteiger partial charge in [-0.15, -0.1) is 0 Å². The largest absolute Gasteiger partial charge is 0.478 e. The Morgan fingerprint density at radius 2 is 1.88 bits per heavy atom. The molecule has 25 heavy (non-hydrogen) atoms. The minimum absolute atomic E-state index is 0.134. The minimum atomic E-state index is -2.88. The van der Waals surface area contributed by atoms with Gasteiger partial charge in [-0.3, -0.25) is 9.78 Å². The zero-order valence-electron chi connectivity index (χ0n) is 12.7. The molecule has 0 atom stereocenters. The third-order valence-electron chi connectivity index (χ3n) is 4.03. The van der Waals surface area contributed by atoms with Gasteiger partial charge < -0.3 is 9.84 Å². The van der Waals surface area contributed by atoms with Crippen molar-refractivity contribution in [3.05, 3.63) is 60.3 Å². The maximum Gasteiger partial charge on any atom is 0.387 e. The van der Waals surface area contributed by atoms with E-state index in [9.17, 15) is 13.6 Å². The van der Waals surface area contributed by atoms with Crippen molar-refractivity contribution in [1.82, 2.24) is 9.78 Å². The number of aromatic amines is 1. The summed E-state index contributed by atoms with van der Waals surface area (Å²) in [5.41, 5.74) is 2.59. The van der Waals surface area contributed by atoms with Gasteiger partial charge in [0.25, 0.3) is 0 Å². The number of H-pyrrole nitrogens is 1. The third kappa shape index (κ3) is 2.59. The van der Waals surface area contributed by atoms with Crippen LogP contribution in [0, 0.1) is 0 Å². The van der Waals surface area contributed by atoms with Gasteiger partial charge in [-0.25, -0.2) is 4.79 Å². The van der Waals surface area contributed by atoms with Crippen LogP contribution in [-0.4, -0.2) is 27.5 Å². The predicted octanol–water partition coefficient (Wildman–Crippen LogP) is 4.36. The van der Waals surface area contributed by atoms with Crippen molar-refractivity contribution in [2.45, 2.75) is 6.61 Å². The average Bonchev–Trinajstić information content (AvgIpc) is 3.13. The third-order valence-corrected chi connectivity index (χ3v) is 4.03. The highest BCUT2D eigenvalue weighted by Gasteiger charge is 2.18. The molecule has 5 nitrogen and oxygen atoms in total. The van der Waals surface area contributed by atoms with Gasteiger partial charge in [0.2, 0.25) is 0 Å². The molecule has 1 aliphatic carbocycles. The van der Waals surface area contributed by atoms with Crippen molar-refractivity contribution < 1.29 is 23.4 Å². The number of hydrogen-bond acceptors (Lipinski definition) is 2. The first-order valence-electron chi connectivity index (χ1n) is 7.44. The molecule has 1 aliphatic heterocycles. The molecule has 0 saturated heterocycles. The molecule has 4 rings (SSSR count). The van der Waals surface area contributed by atoms with Crippen LogP contribution in [0.5, 0.6) is 5.75 Å². The number of nitrogens with one attached hydrogen (secondary N) is 1. The number of aromatic carboxylic acids is 1. The average molecular weight is 342 g/mol. The Kier molecular flexibility index (Phi) is 3.42. The molecule has 0 radical (unpaired) electrons. The highest BCUT2D eigenvalue weighted by Crippen LogP contribution is 2.38. The summed E-state index contributed by atoms with van der Waals surface area (Å²) in [5.74, 6) is -0.853. The number of alkyl halides is 2. The summed E-state index contributed by atoms with van der Waals surface area (Å²) in [6.45, 7) is -2.88. The molecule has 0 saturated carbocycles. The summed E-state index contributed by atoms with van der Waals surface area (Å²) in [6.07, 6.45) is 1.82. The molecular formula is C18H12F2N2O3. The minimum Gasteiger partial charge on any atom is -0.478 e. The van der Waals surface area contributed by atoms with Crippen LogP contribution >= 0.6 is 0 Å². The SMILES string of the molecule is O=C(O)c1ccc(-n2cc3cc4c(OC(F)F)cccc4c-3[nH]2)cc1. The highest BCUT2D eigenvalue weighted by atomic mass is 19.3. The van der Waals surface area contributed by atoms with E-state index in [1.807, 2.05) is 12.3 Å². The van der Waals surface area contributed by atoms with E-state index in [4.69, 9.17) is 5.11 Å². The van der Waals surface area contributed by atoms with Crippen molar-refractivity contribution in [3.63, 3.8) is 0 Å². The van der Waals surface area contributed by atoms with Gasteiger partial charge in [0.05, 0.1) is 16.9 Å². The first kappa shape index (κ1) is 15.2. The number of aromatic nitrogens is 2. The number of carboxylic acid groups (broad SMARTS) is 1. The lowest BCUT2D eigenvalue weighted by molar-refractivity contribution is -0.0487. The maximum atomic E-state index is 12.5. The number of fused-ring (bicyclic) bond motifs is 3. The molecule has 0 amide bonds. The predicted molar refractivity (Wildman–Crippen MR) is 87.8 cm³/mol. The first-order chi connectivity index (χ1) is 12.0. The summed E-state index contributed by atoms with van der Waals surface area (Å²) in [5, 5.41) is 13.5. The summed E-state index contributed by atoms with van der Waals surface area (Å²) >= 11 is 0. The van der Waals surface area contributed by atoms with Gasteiger partial charge in [-0.05, 0) is 36.4 Å². The Bertz CT molecular complexity index is 1030. The number of benzene rings is 2. The van der Waals surface area contributed by atoms with Gasteiger partial charge in [0.15, 0.2) is 0 Å². The Labute approximate surface area is 140 Å². The Hall–Kier alpha value is -3.35. The van der Waals surface area contributed by atoms with Gasteiger partial charge in [0, 0.05) is 22.5 Å². The Balaban J connectivity index is 1.78. The molecule has 126 valence electrons. The number of halogens is 2. The molecule has 0 bridgehead atoms. The lowest BCUT2D eigenvalue weighted by Gasteiger charge is -2.06. The second kappa shape index (κ2) is 5.62. The standard InChI is InChI=1S/C18H12F2N2O3/c19-18(20)25-15-3-1-2-13-14(15)8-11-9-22(21-16(11)13)12-6-4-10(5-7-12)17(23)24/h1-9,18,21H,(H,23,24). The van der Waals surface area contributed by atoms with Crippen molar-refractivity contribution >= 4 is 16.7 Å². The summed E-state index contributed by atoms with van der Waals surface area (Å²) in [4.78, 5) is 10.9. The van der Waals surface area contributed by atoms with E-state index in [-0.39, 0.29) is 11.3 Å². The number of carbonyl (C=O) groups is 1. The van der Waals surface area contributed by atoms with Crippen molar-refractivity contribution in [2.24, 2.45) is 0 Å². The van der Waals surface area contributed by atoms with Crippen LogP contribution in [0.25, 0.3) is 27.7 Å². The van der Waals surface area contributed by atoms with E-state index in [0.29, 0.717) is 5.39 Å². The van der Waals surface area contributed by atoms with Crippen LogP contribution in [0.4, 0.5) is 8.78 Å². The van der Waals surface area contributed by atoms with E-state index in [1.54, 1.807) is 28.9 Å². The monoisotopic (exact) mass is 342 g/mol. The Morgan fingerprint density at radius 1 is 1.12 bits per heavy atom. The maximum absolute atomic E-state index is 12.5. The molecule has 0 aromatic heterocycles. The van der Waals surface area contributed by atoms with Crippen LogP contribution in [-0.2, 0) is 0 Å². The smallest absolute Gasteiger partial charge is 0.387 e. The second-order valence-electron chi connectivity index (χ2n) is 5.53. The molecule has 7 heteroatoms. The number of carboxylic acids is 1. The topological polar surface area (TPSA) is 67.2 Å². The first-order valence-corrected chi connectivity index (χ1v) is 7.44. The molecule has 1 heterocycles. The fourth-order valence-corrected chi connectivity index (χ4v) is 2.91. The van der Waals surface area contributed by atoms with Crippen molar-refractivity contribution in [3.8, 4) is 22.7 Å². The number of ether oxygens (including phenoxy) is 1. The van der Waals surface area contributed by atoms with Crippen LogP contribution in [0.2, 0.25) is 0 Å². The molecule has 2 aromatic carbocycles. The normalized spacial score (nSPS) is 11.5. The van der Waals surface area contributed by atoms with Crippen LogP contribution in [0.15, 0.2) is 54.7 Å². The molecule has 0 unspecified atom stereocenters. The summed E-state index contributed by atoms with van der Waals surface area (Å²) < 4.78 is 31.4. The zero-order valence-corrected chi connectivity index (χ0v) is 12.7. The lowest BCUT2D eigenvalue weighted by Crippen LogP contribution is -2.01. The molecular weight excluding hydrogens is 330 g/mol. The lowest BCUT2D eigenvalue weighted by atomic mass is 10.2. The number of hydrogen-bond donors (Lipinski definition) is 2. The molecule has 2 N–H and O–H groups in total. The second-order valence-corrected chi connectivity index (χ2v) is 5.53. The van der Waals surface area contributed by atoms with Crippen LogP contribution < -0.4 is 4.74 Å². The zero-order chi connectivity index (χ0) is 17.6. The van der Waals surface area contributed by atoms with E-state index >= 15 is 0 Å². The quantitative estimate of drug-likeness (QED) is 0.579. The summed E-state index contributed by atoms with van der Waals surface area (Å²) in [6, 6.07) is 13.2. The van der Waals surface area contributed by atoms with E-state index in [0.717, 1.165) is 22.3 Å². The van der Waals surface area contributed by atoms with Gasteiger partial charge in [-0.1, -0.05) is 12.1 Å². The number of nitrogens with zero attached hydrogens (tertiary/aromatic N) is 1. The van der Waals surface area contributed by atoms with Gasteiger partial charge in [0.1, 0.15) is 5.75 Å². The molecule has 2 aliphatic rings. The Morgan fingerprint density at radius 3 is 2.56 bits per heavy atom. The molecule has 0 fully saturated rings. The van der Waals surface area contributed by atoms with E-state index < -0.39 is 12.6 Å². The van der Waals surface area contributed by atoms with E-state index in [2.05, 4.69) is 9.84 Å². The van der Waals surface area contributed by atoms with E-state index in [1.165, 1.54) is 18.2 Å². The highest BCUT2D eigenvalue weighted by molar-refractivity contribution is 6.03. The van der Waals surface area contributed by atoms with Gasteiger partial charge in [-0.2, -0.15) is 8.78 Å².